The number of carbonyl (C=O) groups is 2. The van der Waals surface area contributed by atoms with E-state index in [1.165, 1.54) is 43.0 Å². The van der Waals surface area contributed by atoms with Crippen LogP contribution in [-0.2, 0) is 20.6 Å². The van der Waals surface area contributed by atoms with Crippen LogP contribution >= 0.6 is 11.8 Å². The maximum Gasteiger partial charge on any atom is 0.264 e. The van der Waals surface area contributed by atoms with Gasteiger partial charge in [0.15, 0.2) is 5.78 Å². The van der Waals surface area contributed by atoms with Gasteiger partial charge in [-0.05, 0) is 36.8 Å². The molecule has 0 spiro atoms. The van der Waals surface area contributed by atoms with Crippen LogP contribution in [0.4, 0.5) is 0 Å². The minimum atomic E-state index is -3.97. The number of rotatable bonds is 7. The van der Waals surface area contributed by atoms with E-state index in [0.717, 1.165) is 5.56 Å². The third-order valence-corrected chi connectivity index (χ3v) is 5.80. The Bertz CT molecular complexity index is 944. The minimum Gasteiger partial charge on any atom is -0.295 e. The SMILES string of the molecule is CC(=O)c1ccc(S(=O)(=O)NC(=O)CSCc2ccc(C#N)cc2)cc1. The lowest BCUT2D eigenvalue weighted by Gasteiger charge is -2.07. The standard InChI is InChI=1S/C18H16N2O4S2/c1-13(21)16-6-8-17(9-7-16)26(23,24)20-18(22)12-25-11-15-4-2-14(10-19)3-5-15/h2-9H,11-12H2,1H3,(H,20,22). The first-order chi connectivity index (χ1) is 12.3. The highest BCUT2D eigenvalue weighted by Gasteiger charge is 2.17. The molecule has 1 amide bonds. The Hall–Kier alpha value is -2.63. The first kappa shape index (κ1) is 19.7. The maximum atomic E-state index is 12.2. The molecule has 0 heterocycles. The topological polar surface area (TPSA) is 104 Å². The number of Topliss-reactive ketones (excluding diaryl/α,β-unsaturated/α-hetero) is 1. The zero-order valence-corrected chi connectivity index (χ0v) is 15.6. The van der Waals surface area contributed by atoms with Crippen LogP contribution in [0.2, 0.25) is 0 Å². The molecule has 0 unspecified atom stereocenters. The predicted octanol–water partition coefficient (Wildman–Crippen LogP) is 2.50. The zero-order chi connectivity index (χ0) is 19.2. The Morgan fingerprint density at radius 3 is 2.23 bits per heavy atom. The summed E-state index contributed by atoms with van der Waals surface area (Å²) in [7, 11) is -3.97. The molecule has 134 valence electrons. The molecule has 0 radical (unpaired) electrons. The van der Waals surface area contributed by atoms with Gasteiger partial charge in [-0.25, -0.2) is 13.1 Å². The summed E-state index contributed by atoms with van der Waals surface area (Å²) in [5.41, 5.74) is 1.89. The summed E-state index contributed by atoms with van der Waals surface area (Å²) in [5, 5.41) is 8.74. The summed E-state index contributed by atoms with van der Waals surface area (Å²) in [4.78, 5) is 23.0. The largest absolute Gasteiger partial charge is 0.295 e. The van der Waals surface area contributed by atoms with Gasteiger partial charge < -0.3 is 0 Å². The fourth-order valence-corrected chi connectivity index (χ4v) is 3.91. The molecule has 0 aliphatic carbocycles. The van der Waals surface area contributed by atoms with E-state index in [4.69, 9.17) is 5.26 Å². The van der Waals surface area contributed by atoms with E-state index in [1.807, 2.05) is 10.8 Å². The number of nitrogens with one attached hydrogen (secondary N) is 1. The molecule has 0 fully saturated rings. The molecule has 26 heavy (non-hydrogen) atoms. The molecular formula is C18H16N2O4S2. The molecule has 0 bridgehead atoms. The second kappa shape index (κ2) is 8.65. The number of hydrogen-bond donors (Lipinski definition) is 1. The summed E-state index contributed by atoms with van der Waals surface area (Å²) in [6.45, 7) is 1.39. The predicted molar refractivity (Wildman–Crippen MR) is 99.1 cm³/mol. The van der Waals surface area contributed by atoms with E-state index in [1.54, 1.807) is 24.3 Å². The smallest absolute Gasteiger partial charge is 0.264 e. The molecule has 2 rings (SSSR count). The Balaban J connectivity index is 1.89. The van der Waals surface area contributed by atoms with Crippen molar-refractivity contribution in [2.45, 2.75) is 17.6 Å². The molecule has 0 aliphatic heterocycles. The third kappa shape index (κ3) is 5.44. The maximum absolute atomic E-state index is 12.2. The average molecular weight is 388 g/mol. The summed E-state index contributed by atoms with van der Waals surface area (Å²) in [5.74, 6) is -0.298. The normalized spacial score (nSPS) is 10.8. The number of benzene rings is 2. The molecule has 0 atom stereocenters. The van der Waals surface area contributed by atoms with Gasteiger partial charge in [-0.2, -0.15) is 5.26 Å². The van der Waals surface area contributed by atoms with Crippen molar-refractivity contribution in [3.05, 3.63) is 65.2 Å². The molecular weight excluding hydrogens is 372 g/mol. The van der Waals surface area contributed by atoms with Gasteiger partial charge in [0.25, 0.3) is 10.0 Å². The van der Waals surface area contributed by atoms with Crippen molar-refractivity contribution >= 4 is 33.5 Å². The Labute approximate surface area is 156 Å². The number of nitriles is 1. The fraction of sp³-hybridized carbons (Fsp3) is 0.167. The lowest BCUT2D eigenvalue weighted by Crippen LogP contribution is -2.32. The molecule has 2 aromatic carbocycles. The van der Waals surface area contributed by atoms with Crippen LogP contribution in [-0.4, -0.2) is 25.9 Å². The molecule has 0 aliphatic rings. The zero-order valence-electron chi connectivity index (χ0n) is 13.9. The van der Waals surface area contributed by atoms with Crippen LogP contribution in [0.3, 0.4) is 0 Å². The van der Waals surface area contributed by atoms with Crippen LogP contribution in [0.15, 0.2) is 53.4 Å². The second-order valence-electron chi connectivity index (χ2n) is 5.41. The van der Waals surface area contributed by atoms with Gasteiger partial charge in [0.05, 0.1) is 22.3 Å². The number of hydrogen-bond acceptors (Lipinski definition) is 6. The van der Waals surface area contributed by atoms with E-state index in [9.17, 15) is 18.0 Å². The van der Waals surface area contributed by atoms with Gasteiger partial charge in [0.2, 0.25) is 5.91 Å². The highest BCUT2D eigenvalue weighted by molar-refractivity contribution is 7.99. The number of thioether (sulfide) groups is 1. The molecule has 0 aromatic heterocycles. The minimum absolute atomic E-state index is 0.0231. The number of carbonyl (C=O) groups excluding carboxylic acids is 2. The van der Waals surface area contributed by atoms with Crippen LogP contribution in [0, 0.1) is 11.3 Å². The van der Waals surface area contributed by atoms with E-state index < -0.39 is 15.9 Å². The molecule has 0 saturated carbocycles. The van der Waals surface area contributed by atoms with E-state index in [2.05, 4.69) is 0 Å². The third-order valence-electron chi connectivity index (χ3n) is 3.40. The summed E-state index contributed by atoms with van der Waals surface area (Å²) in [6, 6.07) is 14.4. The van der Waals surface area contributed by atoms with E-state index >= 15 is 0 Å². The van der Waals surface area contributed by atoms with Crippen LogP contribution in [0.25, 0.3) is 0 Å². The van der Waals surface area contributed by atoms with Crippen molar-refractivity contribution in [3.63, 3.8) is 0 Å². The summed E-state index contributed by atoms with van der Waals surface area (Å²) in [6.07, 6.45) is 0. The highest BCUT2D eigenvalue weighted by Crippen LogP contribution is 2.14. The first-order valence-electron chi connectivity index (χ1n) is 7.55. The number of ketones is 1. The molecule has 8 heteroatoms. The van der Waals surface area contributed by atoms with Crippen LogP contribution < -0.4 is 4.72 Å². The Morgan fingerprint density at radius 1 is 1.08 bits per heavy atom. The van der Waals surface area contributed by atoms with Gasteiger partial charge in [0, 0.05) is 11.3 Å². The van der Waals surface area contributed by atoms with Crippen molar-refractivity contribution in [2.24, 2.45) is 0 Å². The van der Waals surface area contributed by atoms with Gasteiger partial charge >= 0.3 is 0 Å². The van der Waals surface area contributed by atoms with Gasteiger partial charge in [-0.15, -0.1) is 11.8 Å². The van der Waals surface area contributed by atoms with E-state index in [-0.39, 0.29) is 16.4 Å². The van der Waals surface area contributed by atoms with Crippen molar-refractivity contribution in [1.29, 1.82) is 5.26 Å². The molecule has 1 N–H and O–H groups in total. The van der Waals surface area contributed by atoms with Gasteiger partial charge in [-0.1, -0.05) is 24.3 Å². The molecule has 2 aromatic rings. The van der Waals surface area contributed by atoms with E-state index in [0.29, 0.717) is 16.9 Å². The number of amides is 1. The van der Waals surface area contributed by atoms with Crippen molar-refractivity contribution in [1.82, 2.24) is 4.72 Å². The van der Waals surface area contributed by atoms with Gasteiger partial charge in [0.1, 0.15) is 0 Å². The highest BCUT2D eigenvalue weighted by atomic mass is 32.2. The lowest BCUT2D eigenvalue weighted by atomic mass is 10.2. The van der Waals surface area contributed by atoms with Crippen LogP contribution in [0.1, 0.15) is 28.4 Å². The first-order valence-corrected chi connectivity index (χ1v) is 10.2. The Kier molecular flexibility index (Phi) is 6.55. The summed E-state index contributed by atoms with van der Waals surface area (Å²) < 4.78 is 26.4. The molecule has 0 saturated heterocycles. The number of sulfonamides is 1. The van der Waals surface area contributed by atoms with Crippen LogP contribution in [0.5, 0.6) is 0 Å². The summed E-state index contributed by atoms with van der Waals surface area (Å²) >= 11 is 1.27. The monoisotopic (exact) mass is 388 g/mol. The lowest BCUT2D eigenvalue weighted by molar-refractivity contribution is -0.116. The molecule has 6 nitrogen and oxygen atoms in total. The van der Waals surface area contributed by atoms with Crippen molar-refractivity contribution in [2.75, 3.05) is 5.75 Å². The second-order valence-corrected chi connectivity index (χ2v) is 8.08. The fourth-order valence-electron chi connectivity index (χ4n) is 2.04. The Morgan fingerprint density at radius 2 is 1.69 bits per heavy atom. The van der Waals surface area contributed by atoms with Crippen molar-refractivity contribution < 1.29 is 18.0 Å². The number of nitrogens with zero attached hydrogens (tertiary/aromatic N) is 1. The average Bonchev–Trinajstić information content (AvgIpc) is 2.62. The quantitative estimate of drug-likeness (QED) is 0.731. The van der Waals surface area contributed by atoms with Crippen molar-refractivity contribution in [3.8, 4) is 6.07 Å². The van der Waals surface area contributed by atoms with Gasteiger partial charge in [-0.3, -0.25) is 9.59 Å².